The highest BCUT2D eigenvalue weighted by atomic mass is 16.1. The molecule has 0 saturated carbocycles. The summed E-state index contributed by atoms with van der Waals surface area (Å²) >= 11 is 0. The maximum atomic E-state index is 11.7. The van der Waals surface area contributed by atoms with Gasteiger partial charge in [0, 0.05) is 19.1 Å². The van der Waals surface area contributed by atoms with Gasteiger partial charge >= 0.3 is 0 Å². The van der Waals surface area contributed by atoms with Crippen LogP contribution in [0.1, 0.15) is 33.1 Å². The van der Waals surface area contributed by atoms with Gasteiger partial charge in [-0.1, -0.05) is 6.92 Å². The second-order valence-electron chi connectivity index (χ2n) is 6.12. The highest BCUT2D eigenvalue weighted by Crippen LogP contribution is 2.16. The third-order valence-electron chi connectivity index (χ3n) is 4.06. The average molecular weight is 270 g/mol. The van der Waals surface area contributed by atoms with Gasteiger partial charge in [0.25, 0.3) is 0 Å². The minimum Gasteiger partial charge on any atom is -0.368 e. The van der Waals surface area contributed by atoms with Gasteiger partial charge in [-0.25, -0.2) is 0 Å². The third-order valence-corrected chi connectivity index (χ3v) is 4.06. The van der Waals surface area contributed by atoms with E-state index in [1.165, 1.54) is 12.8 Å². The zero-order valence-electron chi connectivity index (χ0n) is 12.9. The van der Waals surface area contributed by atoms with Gasteiger partial charge in [0.1, 0.15) is 5.54 Å². The Hall–Kier alpha value is -0.650. The standard InChI is InChI=1S/C14H30N4O/c1-5-8-16-14(2,13(15)19)11-18-9-6-7-12(10-18)17(3)4/h12,16H,5-11H2,1-4H3,(H2,15,19). The quantitative estimate of drug-likeness (QED) is 0.696. The molecule has 5 nitrogen and oxygen atoms in total. The van der Waals surface area contributed by atoms with Crippen molar-refractivity contribution in [3.05, 3.63) is 0 Å². The molecule has 5 heteroatoms. The van der Waals surface area contributed by atoms with E-state index >= 15 is 0 Å². The van der Waals surface area contributed by atoms with E-state index < -0.39 is 5.54 Å². The van der Waals surface area contributed by atoms with Gasteiger partial charge in [0.15, 0.2) is 0 Å². The first kappa shape index (κ1) is 16.4. The van der Waals surface area contributed by atoms with Crippen molar-refractivity contribution in [3.8, 4) is 0 Å². The zero-order chi connectivity index (χ0) is 14.5. The van der Waals surface area contributed by atoms with E-state index in [-0.39, 0.29) is 5.91 Å². The Morgan fingerprint density at radius 3 is 2.74 bits per heavy atom. The van der Waals surface area contributed by atoms with Crippen molar-refractivity contribution >= 4 is 5.91 Å². The summed E-state index contributed by atoms with van der Waals surface area (Å²) in [6.07, 6.45) is 3.42. The minimum atomic E-state index is -0.621. The van der Waals surface area contributed by atoms with E-state index in [9.17, 15) is 4.79 Å². The number of nitrogens with two attached hydrogens (primary N) is 1. The Labute approximate surface area is 117 Å². The number of carbonyl (C=O) groups is 1. The molecule has 112 valence electrons. The zero-order valence-corrected chi connectivity index (χ0v) is 12.9. The van der Waals surface area contributed by atoms with Gasteiger partial charge in [-0.2, -0.15) is 0 Å². The molecule has 0 aliphatic carbocycles. The van der Waals surface area contributed by atoms with Crippen LogP contribution in [0.4, 0.5) is 0 Å². The predicted molar refractivity (Wildman–Crippen MR) is 79.0 cm³/mol. The van der Waals surface area contributed by atoms with Gasteiger partial charge in [-0.15, -0.1) is 0 Å². The fourth-order valence-corrected chi connectivity index (χ4v) is 2.67. The Kier molecular flexibility index (Phi) is 6.23. The molecule has 2 unspecified atom stereocenters. The van der Waals surface area contributed by atoms with E-state index in [0.29, 0.717) is 12.6 Å². The Balaban J connectivity index is 2.60. The van der Waals surface area contributed by atoms with Crippen LogP contribution >= 0.6 is 0 Å². The molecule has 1 saturated heterocycles. The molecule has 1 fully saturated rings. The topological polar surface area (TPSA) is 61.6 Å². The molecule has 0 aromatic heterocycles. The number of nitrogens with one attached hydrogen (secondary N) is 1. The lowest BCUT2D eigenvalue weighted by atomic mass is 9.97. The molecule has 0 aromatic rings. The maximum Gasteiger partial charge on any atom is 0.238 e. The fourth-order valence-electron chi connectivity index (χ4n) is 2.67. The van der Waals surface area contributed by atoms with E-state index in [4.69, 9.17) is 5.73 Å². The monoisotopic (exact) mass is 270 g/mol. The second kappa shape index (κ2) is 7.22. The van der Waals surface area contributed by atoms with Crippen molar-refractivity contribution in [2.24, 2.45) is 5.73 Å². The molecule has 1 aliphatic rings. The summed E-state index contributed by atoms with van der Waals surface area (Å²) in [6.45, 7) is 7.61. The molecule has 1 aliphatic heterocycles. The first-order valence-corrected chi connectivity index (χ1v) is 7.32. The lowest BCUT2D eigenvalue weighted by Gasteiger charge is -2.40. The Morgan fingerprint density at radius 2 is 2.21 bits per heavy atom. The molecule has 2 atom stereocenters. The maximum absolute atomic E-state index is 11.7. The highest BCUT2D eigenvalue weighted by Gasteiger charge is 2.34. The minimum absolute atomic E-state index is 0.257. The van der Waals surface area contributed by atoms with E-state index in [0.717, 1.165) is 26.1 Å². The number of piperidine rings is 1. The normalized spacial score (nSPS) is 24.4. The summed E-state index contributed by atoms with van der Waals surface area (Å²) in [5.41, 5.74) is 4.96. The number of likely N-dealkylation sites (N-methyl/N-ethyl adjacent to an activating group) is 1. The molecule has 3 N–H and O–H groups in total. The molecule has 19 heavy (non-hydrogen) atoms. The smallest absolute Gasteiger partial charge is 0.238 e. The lowest BCUT2D eigenvalue weighted by molar-refractivity contribution is -0.124. The van der Waals surface area contributed by atoms with Gasteiger partial charge in [0.2, 0.25) is 5.91 Å². The van der Waals surface area contributed by atoms with Gasteiger partial charge < -0.3 is 16.0 Å². The second-order valence-corrected chi connectivity index (χ2v) is 6.12. The van der Waals surface area contributed by atoms with Gasteiger partial charge in [0.05, 0.1) is 0 Å². The Morgan fingerprint density at radius 1 is 1.53 bits per heavy atom. The first-order valence-electron chi connectivity index (χ1n) is 7.32. The van der Waals surface area contributed by atoms with Crippen molar-refractivity contribution in [2.75, 3.05) is 40.3 Å². The van der Waals surface area contributed by atoms with Crippen LogP contribution in [0.25, 0.3) is 0 Å². The summed E-state index contributed by atoms with van der Waals surface area (Å²) in [5.74, 6) is -0.257. The SMILES string of the molecule is CCCNC(C)(CN1CCCC(N(C)C)C1)C(N)=O. The summed E-state index contributed by atoms with van der Waals surface area (Å²) in [4.78, 5) is 16.4. The van der Waals surface area contributed by atoms with Crippen molar-refractivity contribution in [2.45, 2.75) is 44.7 Å². The number of likely N-dealkylation sites (tertiary alicyclic amines) is 1. The Bertz CT molecular complexity index is 295. The molecule has 0 aromatic carbocycles. The molecule has 1 amide bonds. The van der Waals surface area contributed by atoms with Crippen LogP contribution in [0.2, 0.25) is 0 Å². The number of amides is 1. The molecular formula is C14H30N4O. The van der Waals surface area contributed by atoms with Crippen LogP contribution in [-0.4, -0.2) is 67.6 Å². The van der Waals surface area contributed by atoms with E-state index in [2.05, 4.69) is 36.1 Å². The van der Waals surface area contributed by atoms with Crippen LogP contribution in [0.5, 0.6) is 0 Å². The van der Waals surface area contributed by atoms with Crippen LogP contribution in [0.15, 0.2) is 0 Å². The number of hydrogen-bond donors (Lipinski definition) is 2. The van der Waals surface area contributed by atoms with E-state index in [1.54, 1.807) is 0 Å². The molecule has 1 heterocycles. The molecule has 0 bridgehead atoms. The van der Waals surface area contributed by atoms with Crippen LogP contribution < -0.4 is 11.1 Å². The highest BCUT2D eigenvalue weighted by molar-refractivity contribution is 5.84. The van der Waals surface area contributed by atoms with Crippen molar-refractivity contribution < 1.29 is 4.79 Å². The molecule has 0 radical (unpaired) electrons. The number of rotatable bonds is 7. The molecule has 0 spiro atoms. The van der Waals surface area contributed by atoms with Gasteiger partial charge in [-0.3, -0.25) is 9.69 Å². The summed E-state index contributed by atoms with van der Waals surface area (Å²) in [6, 6.07) is 0.581. The van der Waals surface area contributed by atoms with Crippen molar-refractivity contribution in [1.82, 2.24) is 15.1 Å². The first-order chi connectivity index (χ1) is 8.89. The summed E-state index contributed by atoms with van der Waals surface area (Å²) in [7, 11) is 4.24. The molecule has 1 rings (SSSR count). The number of primary amides is 1. The number of nitrogens with zero attached hydrogens (tertiary/aromatic N) is 2. The van der Waals surface area contributed by atoms with Crippen LogP contribution in [0, 0.1) is 0 Å². The van der Waals surface area contributed by atoms with Crippen LogP contribution in [-0.2, 0) is 4.79 Å². The van der Waals surface area contributed by atoms with Crippen molar-refractivity contribution in [1.29, 1.82) is 0 Å². The average Bonchev–Trinajstić information content (AvgIpc) is 2.36. The summed E-state index contributed by atoms with van der Waals surface area (Å²) in [5, 5.41) is 3.31. The van der Waals surface area contributed by atoms with E-state index in [1.807, 2.05) is 6.92 Å². The van der Waals surface area contributed by atoms with Crippen LogP contribution in [0.3, 0.4) is 0 Å². The van der Waals surface area contributed by atoms with Gasteiger partial charge in [-0.05, 0) is 53.4 Å². The summed E-state index contributed by atoms with van der Waals surface area (Å²) < 4.78 is 0. The largest absolute Gasteiger partial charge is 0.368 e. The third kappa shape index (κ3) is 4.75. The van der Waals surface area contributed by atoms with Crippen molar-refractivity contribution in [3.63, 3.8) is 0 Å². The molecular weight excluding hydrogens is 240 g/mol. The lowest BCUT2D eigenvalue weighted by Crippen LogP contribution is -2.61. The predicted octanol–water partition coefficient (Wildman–Crippen LogP) is 0.256. The number of hydrogen-bond acceptors (Lipinski definition) is 4. The number of carbonyl (C=O) groups excluding carboxylic acids is 1. The fraction of sp³-hybridized carbons (Fsp3) is 0.929.